The van der Waals surface area contributed by atoms with Crippen LogP contribution in [0.15, 0.2) is 42.5 Å². The first-order chi connectivity index (χ1) is 14.9. The summed E-state index contributed by atoms with van der Waals surface area (Å²) >= 11 is 1.82. The van der Waals surface area contributed by atoms with Gasteiger partial charge >= 0.3 is 0 Å². The summed E-state index contributed by atoms with van der Waals surface area (Å²) in [7, 11) is 0. The van der Waals surface area contributed by atoms with Crippen LogP contribution in [0.1, 0.15) is 74.4 Å². The molecule has 4 rings (SSSR count). The monoisotopic (exact) mass is 435 g/mol. The topological polar surface area (TPSA) is 45.2 Å². The van der Waals surface area contributed by atoms with Gasteiger partial charge in [-0.1, -0.05) is 58.0 Å². The zero-order valence-electron chi connectivity index (χ0n) is 19.0. The average molecular weight is 436 g/mol. The molecule has 1 amide bonds. The van der Waals surface area contributed by atoms with Crippen molar-refractivity contribution in [3.63, 3.8) is 0 Å². The molecular formula is C26H33N3OS. The van der Waals surface area contributed by atoms with Crippen LogP contribution >= 0.6 is 11.3 Å². The number of carbonyl (C=O) groups is 1. The molecule has 0 saturated carbocycles. The number of hydrogen-bond donors (Lipinski definition) is 1. The van der Waals surface area contributed by atoms with Crippen molar-refractivity contribution >= 4 is 33.1 Å². The van der Waals surface area contributed by atoms with E-state index in [0.717, 1.165) is 37.1 Å². The van der Waals surface area contributed by atoms with Gasteiger partial charge in [0.05, 0.1) is 21.8 Å². The van der Waals surface area contributed by atoms with Crippen LogP contribution in [0, 0.1) is 0 Å². The van der Waals surface area contributed by atoms with Crippen molar-refractivity contribution in [2.75, 3.05) is 25.0 Å². The van der Waals surface area contributed by atoms with Crippen molar-refractivity contribution in [3.8, 4) is 0 Å². The van der Waals surface area contributed by atoms with E-state index in [-0.39, 0.29) is 5.91 Å². The molecule has 3 aromatic rings. The Hall–Kier alpha value is -2.24. The number of carbonyl (C=O) groups excluding carboxylic acids is 1. The van der Waals surface area contributed by atoms with Crippen molar-refractivity contribution in [1.29, 1.82) is 0 Å². The molecule has 1 aliphatic rings. The molecule has 2 aromatic carbocycles. The number of para-hydroxylation sites is 2. The fourth-order valence-electron chi connectivity index (χ4n) is 4.48. The number of aromatic nitrogens is 1. The van der Waals surface area contributed by atoms with Crippen LogP contribution in [-0.2, 0) is 4.79 Å². The number of nitrogens with one attached hydrogen (secondary N) is 1. The van der Waals surface area contributed by atoms with Gasteiger partial charge in [-0.3, -0.25) is 9.69 Å². The van der Waals surface area contributed by atoms with Crippen LogP contribution in [0.25, 0.3) is 10.2 Å². The minimum Gasteiger partial charge on any atom is -0.324 e. The first-order valence-corrected chi connectivity index (χ1v) is 12.2. The largest absolute Gasteiger partial charge is 0.324 e. The summed E-state index contributed by atoms with van der Waals surface area (Å²) < 4.78 is 1.27. The van der Waals surface area contributed by atoms with E-state index in [2.05, 4.69) is 80.4 Å². The Balaban J connectivity index is 1.37. The van der Waals surface area contributed by atoms with Gasteiger partial charge in [0.15, 0.2) is 0 Å². The molecule has 4 nitrogen and oxygen atoms in total. The highest BCUT2D eigenvalue weighted by molar-refractivity contribution is 7.18. The first-order valence-electron chi connectivity index (χ1n) is 11.4. The molecule has 31 heavy (non-hydrogen) atoms. The molecule has 0 unspecified atom stereocenters. The number of amides is 1. The molecule has 0 atom stereocenters. The predicted octanol–water partition coefficient (Wildman–Crippen LogP) is 6.36. The Bertz CT molecular complexity index is 988. The number of rotatable bonds is 6. The van der Waals surface area contributed by atoms with Crippen molar-refractivity contribution < 1.29 is 4.79 Å². The number of thiazole rings is 1. The summed E-state index contributed by atoms with van der Waals surface area (Å²) in [6.07, 6.45) is 2.12. The van der Waals surface area contributed by atoms with Gasteiger partial charge in [0.2, 0.25) is 5.91 Å². The van der Waals surface area contributed by atoms with E-state index in [4.69, 9.17) is 4.98 Å². The minimum absolute atomic E-state index is 0.0911. The van der Waals surface area contributed by atoms with Crippen LogP contribution in [0.4, 0.5) is 5.69 Å². The van der Waals surface area contributed by atoms with Gasteiger partial charge in [-0.05, 0) is 61.0 Å². The third-order valence-corrected chi connectivity index (χ3v) is 7.45. The summed E-state index contributed by atoms with van der Waals surface area (Å²) in [6.45, 7) is 11.1. The lowest BCUT2D eigenvalue weighted by atomic mass is 9.92. The Morgan fingerprint density at radius 3 is 2.29 bits per heavy atom. The molecule has 1 N–H and O–H groups in total. The molecule has 1 aromatic heterocycles. The third-order valence-electron chi connectivity index (χ3n) is 6.25. The Morgan fingerprint density at radius 2 is 1.68 bits per heavy atom. The molecule has 2 heterocycles. The lowest BCUT2D eigenvalue weighted by Gasteiger charge is -2.30. The quantitative estimate of drug-likeness (QED) is 0.490. The number of likely N-dealkylation sites (tertiary alicyclic amines) is 1. The van der Waals surface area contributed by atoms with E-state index in [9.17, 15) is 4.79 Å². The molecule has 0 radical (unpaired) electrons. The lowest BCUT2D eigenvalue weighted by Crippen LogP contribution is -2.39. The Kier molecular flexibility index (Phi) is 6.73. The Labute approximate surface area is 189 Å². The maximum Gasteiger partial charge on any atom is 0.238 e. The number of hydrogen-bond acceptors (Lipinski definition) is 4. The van der Waals surface area contributed by atoms with Crippen LogP contribution in [0.3, 0.4) is 0 Å². The number of benzene rings is 2. The van der Waals surface area contributed by atoms with Gasteiger partial charge in [-0.2, -0.15) is 0 Å². The van der Waals surface area contributed by atoms with Gasteiger partial charge in [-0.15, -0.1) is 11.3 Å². The van der Waals surface area contributed by atoms with Crippen LogP contribution in [-0.4, -0.2) is 35.4 Å². The molecule has 0 spiro atoms. The van der Waals surface area contributed by atoms with Gasteiger partial charge in [0.25, 0.3) is 0 Å². The molecule has 1 saturated heterocycles. The van der Waals surface area contributed by atoms with E-state index in [1.165, 1.54) is 20.8 Å². The second-order valence-electron chi connectivity index (χ2n) is 9.24. The summed E-state index contributed by atoms with van der Waals surface area (Å²) in [6, 6.07) is 14.7. The van der Waals surface area contributed by atoms with Crippen LogP contribution < -0.4 is 5.32 Å². The molecule has 0 aliphatic carbocycles. The van der Waals surface area contributed by atoms with Gasteiger partial charge < -0.3 is 5.32 Å². The van der Waals surface area contributed by atoms with Crippen molar-refractivity contribution in [1.82, 2.24) is 9.88 Å². The van der Waals surface area contributed by atoms with Crippen LogP contribution in [0.5, 0.6) is 0 Å². The van der Waals surface area contributed by atoms with E-state index in [1.54, 1.807) is 0 Å². The number of fused-ring (bicyclic) bond motifs is 1. The van der Waals surface area contributed by atoms with Crippen molar-refractivity contribution in [2.24, 2.45) is 0 Å². The highest BCUT2D eigenvalue weighted by atomic mass is 32.1. The van der Waals surface area contributed by atoms with Crippen molar-refractivity contribution in [3.05, 3.63) is 58.6 Å². The van der Waals surface area contributed by atoms with Gasteiger partial charge in [-0.25, -0.2) is 4.98 Å². The second kappa shape index (κ2) is 9.49. The molecule has 0 bridgehead atoms. The predicted molar refractivity (Wildman–Crippen MR) is 131 cm³/mol. The molecule has 164 valence electrons. The summed E-state index contributed by atoms with van der Waals surface area (Å²) in [4.78, 5) is 20.1. The molecule has 1 fully saturated rings. The zero-order chi connectivity index (χ0) is 22.0. The smallest absolute Gasteiger partial charge is 0.238 e. The number of anilines is 1. The maximum absolute atomic E-state index is 12.9. The fourth-order valence-corrected chi connectivity index (χ4v) is 5.62. The fraction of sp³-hybridized carbons (Fsp3) is 0.462. The zero-order valence-corrected chi connectivity index (χ0v) is 19.8. The molecule has 1 aliphatic heterocycles. The normalized spacial score (nSPS) is 15.8. The van der Waals surface area contributed by atoms with E-state index in [1.807, 2.05) is 11.3 Å². The summed E-state index contributed by atoms with van der Waals surface area (Å²) in [5.74, 6) is 1.34. The van der Waals surface area contributed by atoms with E-state index < -0.39 is 0 Å². The van der Waals surface area contributed by atoms with Crippen LogP contribution in [0.2, 0.25) is 0 Å². The SMILES string of the molecule is CC(C)c1cccc(C(C)C)c1NC(=O)CN1CCC(c2nc3ccccc3s2)CC1. The van der Waals surface area contributed by atoms with E-state index in [0.29, 0.717) is 24.3 Å². The molecular weight excluding hydrogens is 402 g/mol. The maximum atomic E-state index is 12.9. The standard InChI is InChI=1S/C26H33N3OS/c1-17(2)20-8-7-9-21(18(3)4)25(20)28-24(30)16-29-14-12-19(13-15-29)26-27-22-10-5-6-11-23(22)31-26/h5-11,17-19H,12-16H2,1-4H3,(H,28,30). The summed E-state index contributed by atoms with van der Waals surface area (Å²) in [5, 5.41) is 4.51. The highest BCUT2D eigenvalue weighted by Gasteiger charge is 2.25. The van der Waals surface area contributed by atoms with Gasteiger partial charge in [0, 0.05) is 11.6 Å². The van der Waals surface area contributed by atoms with Crippen molar-refractivity contribution in [2.45, 2.75) is 58.3 Å². The van der Waals surface area contributed by atoms with Gasteiger partial charge in [0.1, 0.15) is 0 Å². The third kappa shape index (κ3) is 4.99. The number of nitrogens with zero attached hydrogens (tertiary/aromatic N) is 2. The molecule has 5 heteroatoms. The first kappa shape index (κ1) is 22.0. The second-order valence-corrected chi connectivity index (χ2v) is 10.3. The lowest BCUT2D eigenvalue weighted by molar-refractivity contribution is -0.117. The van der Waals surface area contributed by atoms with E-state index >= 15 is 0 Å². The Morgan fingerprint density at radius 1 is 1.03 bits per heavy atom. The highest BCUT2D eigenvalue weighted by Crippen LogP contribution is 2.34. The number of piperidine rings is 1. The average Bonchev–Trinajstić information content (AvgIpc) is 3.18. The summed E-state index contributed by atoms with van der Waals surface area (Å²) in [5.41, 5.74) is 4.55. The minimum atomic E-state index is 0.0911.